The molecule has 3 rings (SSSR count). The summed E-state index contributed by atoms with van der Waals surface area (Å²) in [5, 5.41) is 2.85. The predicted molar refractivity (Wildman–Crippen MR) is 130 cm³/mol. The summed E-state index contributed by atoms with van der Waals surface area (Å²) in [5.74, 6) is -0.0555. The van der Waals surface area contributed by atoms with E-state index in [4.69, 9.17) is 5.73 Å². The van der Waals surface area contributed by atoms with Gasteiger partial charge in [0.1, 0.15) is 5.82 Å². The molecule has 1 aromatic heterocycles. The maximum atomic E-state index is 13.5. The van der Waals surface area contributed by atoms with Crippen LogP contribution < -0.4 is 27.2 Å². The van der Waals surface area contributed by atoms with Crippen molar-refractivity contribution in [1.29, 1.82) is 0 Å². The molecule has 4 N–H and O–H groups in total. The standard InChI is InChI=1S/C24H33N5O4/c1-4-5-13-29-20(25)19(22(31)27-24(29)33)28(14-12-15(2)3)23(32)17-8-10-18(11-9-17)26-21(30)16-6-7-16/h8-11,15-16H,4-7,12-14,25H2,1-3H3,(H,26,30)(H,27,31,33). The molecule has 33 heavy (non-hydrogen) atoms. The van der Waals surface area contributed by atoms with Crippen molar-refractivity contribution in [2.75, 3.05) is 22.5 Å². The molecule has 2 amide bonds. The molecule has 0 atom stereocenters. The van der Waals surface area contributed by atoms with Gasteiger partial charge in [0.15, 0.2) is 5.69 Å². The molecule has 0 saturated heterocycles. The fourth-order valence-electron chi connectivity index (χ4n) is 3.52. The Labute approximate surface area is 193 Å². The van der Waals surface area contributed by atoms with Gasteiger partial charge in [0.25, 0.3) is 11.5 Å². The van der Waals surface area contributed by atoms with Crippen molar-refractivity contribution in [3.8, 4) is 0 Å². The van der Waals surface area contributed by atoms with E-state index < -0.39 is 17.2 Å². The monoisotopic (exact) mass is 455 g/mol. The lowest BCUT2D eigenvalue weighted by Crippen LogP contribution is -2.42. The van der Waals surface area contributed by atoms with E-state index in [1.807, 2.05) is 20.8 Å². The zero-order valence-corrected chi connectivity index (χ0v) is 19.5. The zero-order valence-electron chi connectivity index (χ0n) is 19.5. The highest BCUT2D eigenvalue weighted by Crippen LogP contribution is 2.30. The molecule has 0 aliphatic heterocycles. The molecule has 9 heteroatoms. The summed E-state index contributed by atoms with van der Waals surface area (Å²) in [5.41, 5.74) is 5.95. The quantitative estimate of drug-likeness (QED) is 0.507. The maximum absolute atomic E-state index is 13.5. The van der Waals surface area contributed by atoms with Gasteiger partial charge < -0.3 is 16.0 Å². The van der Waals surface area contributed by atoms with Crippen LogP contribution in [-0.4, -0.2) is 27.9 Å². The summed E-state index contributed by atoms with van der Waals surface area (Å²) in [7, 11) is 0. The fourth-order valence-corrected chi connectivity index (χ4v) is 3.52. The van der Waals surface area contributed by atoms with E-state index in [-0.39, 0.29) is 35.8 Å². The number of carbonyl (C=O) groups excluding carboxylic acids is 2. The van der Waals surface area contributed by atoms with Gasteiger partial charge >= 0.3 is 5.69 Å². The molecule has 1 fully saturated rings. The van der Waals surface area contributed by atoms with E-state index in [0.29, 0.717) is 30.6 Å². The van der Waals surface area contributed by atoms with E-state index in [1.54, 1.807) is 24.3 Å². The Kier molecular flexibility index (Phi) is 7.73. The molecule has 9 nitrogen and oxygen atoms in total. The number of hydrogen-bond acceptors (Lipinski definition) is 5. The van der Waals surface area contributed by atoms with Crippen molar-refractivity contribution < 1.29 is 9.59 Å². The molecule has 0 spiro atoms. The van der Waals surface area contributed by atoms with Crippen LogP contribution in [0.4, 0.5) is 17.2 Å². The van der Waals surface area contributed by atoms with Crippen LogP contribution in [0.5, 0.6) is 0 Å². The Morgan fingerprint density at radius 1 is 1.21 bits per heavy atom. The molecule has 1 saturated carbocycles. The van der Waals surface area contributed by atoms with Crippen LogP contribution in [0.15, 0.2) is 33.9 Å². The summed E-state index contributed by atoms with van der Waals surface area (Å²) >= 11 is 0. The van der Waals surface area contributed by atoms with E-state index in [9.17, 15) is 19.2 Å². The number of rotatable bonds is 10. The molecule has 0 radical (unpaired) electrons. The first-order valence-electron chi connectivity index (χ1n) is 11.6. The molecule has 0 unspecified atom stereocenters. The van der Waals surface area contributed by atoms with Gasteiger partial charge in [0, 0.05) is 30.3 Å². The lowest BCUT2D eigenvalue weighted by Gasteiger charge is -2.25. The van der Waals surface area contributed by atoms with Crippen LogP contribution in [0, 0.1) is 11.8 Å². The number of anilines is 3. The zero-order chi connectivity index (χ0) is 24.1. The van der Waals surface area contributed by atoms with Gasteiger partial charge in [-0.3, -0.25) is 23.9 Å². The predicted octanol–water partition coefficient (Wildman–Crippen LogP) is 2.96. The molecule has 2 aromatic rings. The van der Waals surface area contributed by atoms with Gasteiger partial charge in [-0.2, -0.15) is 0 Å². The third kappa shape index (κ3) is 5.91. The average Bonchev–Trinajstić information content (AvgIpc) is 3.61. The Balaban J connectivity index is 1.94. The highest BCUT2D eigenvalue weighted by atomic mass is 16.2. The van der Waals surface area contributed by atoms with Crippen molar-refractivity contribution in [2.45, 2.75) is 59.4 Å². The van der Waals surface area contributed by atoms with Crippen molar-refractivity contribution in [3.05, 3.63) is 50.7 Å². The normalized spacial score (nSPS) is 13.2. The third-order valence-corrected chi connectivity index (χ3v) is 5.74. The number of nitrogens with two attached hydrogens (primary N) is 1. The molecular weight excluding hydrogens is 422 g/mol. The van der Waals surface area contributed by atoms with Gasteiger partial charge in [-0.15, -0.1) is 0 Å². The van der Waals surface area contributed by atoms with Gasteiger partial charge in [-0.25, -0.2) is 4.79 Å². The first-order valence-corrected chi connectivity index (χ1v) is 11.6. The van der Waals surface area contributed by atoms with Crippen molar-refractivity contribution in [3.63, 3.8) is 0 Å². The first-order chi connectivity index (χ1) is 15.7. The smallest absolute Gasteiger partial charge is 0.330 e. The van der Waals surface area contributed by atoms with Crippen molar-refractivity contribution >= 4 is 29.0 Å². The number of unbranched alkanes of at least 4 members (excludes halogenated alkanes) is 1. The van der Waals surface area contributed by atoms with Crippen LogP contribution in [0.1, 0.15) is 63.2 Å². The summed E-state index contributed by atoms with van der Waals surface area (Å²) < 4.78 is 1.31. The molecule has 1 aromatic carbocycles. The Morgan fingerprint density at radius 2 is 1.88 bits per heavy atom. The van der Waals surface area contributed by atoms with Crippen LogP contribution in [0.3, 0.4) is 0 Å². The largest absolute Gasteiger partial charge is 0.383 e. The number of benzene rings is 1. The maximum Gasteiger partial charge on any atom is 0.330 e. The Hall–Kier alpha value is -3.36. The van der Waals surface area contributed by atoms with Gasteiger partial charge in [0.2, 0.25) is 5.91 Å². The number of nitrogens with zero attached hydrogens (tertiary/aromatic N) is 2. The summed E-state index contributed by atoms with van der Waals surface area (Å²) in [6, 6.07) is 6.57. The second kappa shape index (κ2) is 10.5. The average molecular weight is 456 g/mol. The summed E-state index contributed by atoms with van der Waals surface area (Å²) in [6.45, 7) is 6.66. The Morgan fingerprint density at radius 3 is 2.45 bits per heavy atom. The van der Waals surface area contributed by atoms with Gasteiger partial charge in [-0.05, 0) is 55.9 Å². The van der Waals surface area contributed by atoms with Crippen LogP contribution in [0.2, 0.25) is 0 Å². The lowest BCUT2D eigenvalue weighted by molar-refractivity contribution is -0.117. The van der Waals surface area contributed by atoms with Gasteiger partial charge in [-0.1, -0.05) is 27.2 Å². The number of aromatic amines is 1. The molecule has 178 valence electrons. The number of carbonyl (C=O) groups is 2. The second-order valence-corrected chi connectivity index (χ2v) is 8.98. The minimum absolute atomic E-state index is 0.0115. The van der Waals surface area contributed by atoms with E-state index in [2.05, 4.69) is 10.3 Å². The number of amides is 2. The second-order valence-electron chi connectivity index (χ2n) is 8.98. The number of H-pyrrole nitrogens is 1. The highest BCUT2D eigenvalue weighted by molar-refractivity contribution is 6.07. The minimum Gasteiger partial charge on any atom is -0.383 e. The van der Waals surface area contributed by atoms with Crippen LogP contribution >= 0.6 is 0 Å². The van der Waals surface area contributed by atoms with E-state index in [0.717, 1.165) is 19.3 Å². The molecule has 1 aliphatic rings. The molecular formula is C24H33N5O4. The number of nitrogens with one attached hydrogen (secondary N) is 2. The molecule has 1 heterocycles. The third-order valence-electron chi connectivity index (χ3n) is 5.74. The SMILES string of the molecule is CCCCn1c(N)c(N(CCC(C)C)C(=O)c2ccc(NC(=O)C3CC3)cc2)c(=O)[nH]c1=O. The summed E-state index contributed by atoms with van der Waals surface area (Å²) in [6.07, 6.45) is 4.02. The number of hydrogen-bond donors (Lipinski definition) is 3. The topological polar surface area (TPSA) is 130 Å². The highest BCUT2D eigenvalue weighted by Gasteiger charge is 2.30. The van der Waals surface area contributed by atoms with E-state index >= 15 is 0 Å². The first kappa shape index (κ1) is 24.3. The van der Waals surface area contributed by atoms with Crippen LogP contribution in [-0.2, 0) is 11.3 Å². The molecule has 1 aliphatic carbocycles. The Bertz CT molecular complexity index is 1110. The minimum atomic E-state index is -0.685. The lowest BCUT2D eigenvalue weighted by atomic mass is 10.1. The number of aromatic nitrogens is 2. The fraction of sp³-hybridized carbons (Fsp3) is 0.500. The van der Waals surface area contributed by atoms with Gasteiger partial charge in [0.05, 0.1) is 0 Å². The number of nitrogen functional groups attached to an aromatic ring is 1. The molecule has 0 bridgehead atoms. The van der Waals surface area contributed by atoms with Crippen molar-refractivity contribution in [1.82, 2.24) is 9.55 Å². The van der Waals surface area contributed by atoms with Crippen LogP contribution in [0.25, 0.3) is 0 Å². The summed E-state index contributed by atoms with van der Waals surface area (Å²) in [4.78, 5) is 54.2. The van der Waals surface area contributed by atoms with E-state index in [1.165, 1.54) is 9.47 Å². The van der Waals surface area contributed by atoms with Crippen molar-refractivity contribution in [2.24, 2.45) is 11.8 Å².